The highest BCUT2D eigenvalue weighted by atomic mass is 16.3. The molecule has 1 saturated heterocycles. The first kappa shape index (κ1) is 16.8. The van der Waals surface area contributed by atoms with Gasteiger partial charge in [0.2, 0.25) is 5.91 Å². The van der Waals surface area contributed by atoms with Crippen LogP contribution in [0.5, 0.6) is 0 Å². The Morgan fingerprint density at radius 2 is 2.29 bits per heavy atom. The van der Waals surface area contributed by atoms with E-state index in [4.69, 9.17) is 4.42 Å². The Kier molecular flexibility index (Phi) is 5.38. The number of aryl methyl sites for hydroxylation is 2. The molecule has 3 rings (SSSR count). The summed E-state index contributed by atoms with van der Waals surface area (Å²) in [6, 6.07) is 4.18. The molecule has 2 aromatic heterocycles. The van der Waals surface area contributed by atoms with Crippen molar-refractivity contribution in [3.63, 3.8) is 0 Å². The van der Waals surface area contributed by atoms with Crippen molar-refractivity contribution in [3.05, 3.63) is 42.4 Å². The van der Waals surface area contributed by atoms with Crippen molar-refractivity contribution < 1.29 is 9.21 Å². The highest BCUT2D eigenvalue weighted by Crippen LogP contribution is 2.35. The van der Waals surface area contributed by atoms with Gasteiger partial charge in [-0.15, -0.1) is 0 Å². The zero-order valence-electron chi connectivity index (χ0n) is 14.6. The molecule has 0 aromatic carbocycles. The quantitative estimate of drug-likeness (QED) is 0.809. The molecular formula is C19H27N3O2. The molecule has 1 amide bonds. The summed E-state index contributed by atoms with van der Waals surface area (Å²) >= 11 is 0. The van der Waals surface area contributed by atoms with Crippen LogP contribution in [0.1, 0.15) is 57.1 Å². The third-order valence-electron chi connectivity index (χ3n) is 4.91. The number of aromatic nitrogens is 2. The van der Waals surface area contributed by atoms with Crippen molar-refractivity contribution in [2.75, 3.05) is 6.54 Å². The average Bonchev–Trinajstić information content (AvgIpc) is 3.26. The van der Waals surface area contributed by atoms with Gasteiger partial charge in [0, 0.05) is 38.3 Å². The Morgan fingerprint density at radius 1 is 1.42 bits per heavy atom. The molecule has 0 spiro atoms. The van der Waals surface area contributed by atoms with E-state index in [1.807, 2.05) is 27.8 Å². The molecule has 0 N–H and O–H groups in total. The van der Waals surface area contributed by atoms with E-state index in [1.54, 1.807) is 12.5 Å². The van der Waals surface area contributed by atoms with Crippen molar-refractivity contribution in [3.8, 4) is 0 Å². The van der Waals surface area contributed by atoms with E-state index in [0.717, 1.165) is 50.3 Å². The minimum absolute atomic E-state index is 0.0924. The maximum Gasteiger partial charge on any atom is 0.223 e. The second kappa shape index (κ2) is 7.69. The standard InChI is InChI=1S/C19H27N3O2/c1-3-16-6-7-18(24-16)17-13-15(2)8-11-22(17)19(23)5-4-10-21-12-9-20-14-21/h6-7,9,12,14-15,17H,3-5,8,10-11,13H2,1-2H3/t15-,17-/m0/s1. The fourth-order valence-corrected chi connectivity index (χ4v) is 3.45. The predicted octanol–water partition coefficient (Wildman–Crippen LogP) is 3.82. The first-order valence-corrected chi connectivity index (χ1v) is 9.01. The molecule has 1 fully saturated rings. The molecule has 0 radical (unpaired) electrons. The molecule has 5 nitrogen and oxygen atoms in total. The van der Waals surface area contributed by atoms with E-state index in [2.05, 4.69) is 18.8 Å². The molecule has 0 aliphatic carbocycles. The third-order valence-corrected chi connectivity index (χ3v) is 4.91. The first-order chi connectivity index (χ1) is 11.7. The molecule has 0 bridgehead atoms. The first-order valence-electron chi connectivity index (χ1n) is 9.01. The number of carbonyl (C=O) groups excluding carboxylic acids is 1. The van der Waals surface area contributed by atoms with Crippen molar-refractivity contribution in [1.82, 2.24) is 14.5 Å². The van der Waals surface area contributed by atoms with Crippen LogP contribution in [-0.4, -0.2) is 26.9 Å². The molecule has 1 aliphatic rings. The van der Waals surface area contributed by atoms with E-state index in [1.165, 1.54) is 0 Å². The van der Waals surface area contributed by atoms with Crippen LogP contribution in [0, 0.1) is 5.92 Å². The summed E-state index contributed by atoms with van der Waals surface area (Å²) in [6.45, 7) is 6.02. The van der Waals surface area contributed by atoms with Crippen LogP contribution in [-0.2, 0) is 17.8 Å². The van der Waals surface area contributed by atoms with E-state index in [-0.39, 0.29) is 11.9 Å². The average molecular weight is 329 g/mol. The Labute approximate surface area is 143 Å². The summed E-state index contributed by atoms with van der Waals surface area (Å²) < 4.78 is 7.98. The number of piperidine rings is 1. The zero-order chi connectivity index (χ0) is 16.9. The Balaban J connectivity index is 1.63. The van der Waals surface area contributed by atoms with Gasteiger partial charge in [0.25, 0.3) is 0 Å². The van der Waals surface area contributed by atoms with Crippen LogP contribution in [0.25, 0.3) is 0 Å². The second-order valence-corrected chi connectivity index (χ2v) is 6.79. The summed E-state index contributed by atoms with van der Waals surface area (Å²) in [5.41, 5.74) is 0. The van der Waals surface area contributed by atoms with Gasteiger partial charge >= 0.3 is 0 Å². The monoisotopic (exact) mass is 329 g/mol. The molecule has 1 aliphatic heterocycles. The summed E-state index contributed by atoms with van der Waals surface area (Å²) in [5.74, 6) is 2.80. The number of imidazole rings is 1. The number of hydrogen-bond acceptors (Lipinski definition) is 3. The van der Waals surface area contributed by atoms with E-state index >= 15 is 0 Å². The fourth-order valence-electron chi connectivity index (χ4n) is 3.45. The van der Waals surface area contributed by atoms with Gasteiger partial charge < -0.3 is 13.9 Å². The Hall–Kier alpha value is -2.04. The van der Waals surface area contributed by atoms with Gasteiger partial charge in [-0.3, -0.25) is 4.79 Å². The maximum absolute atomic E-state index is 12.8. The van der Waals surface area contributed by atoms with Crippen molar-refractivity contribution in [2.24, 2.45) is 5.92 Å². The molecule has 0 saturated carbocycles. The number of hydrogen-bond donors (Lipinski definition) is 0. The van der Waals surface area contributed by atoms with E-state index in [9.17, 15) is 4.79 Å². The van der Waals surface area contributed by atoms with Crippen LogP contribution in [0.15, 0.2) is 35.3 Å². The molecular weight excluding hydrogens is 302 g/mol. The lowest BCUT2D eigenvalue weighted by Crippen LogP contribution is -2.40. The highest BCUT2D eigenvalue weighted by molar-refractivity contribution is 5.76. The minimum Gasteiger partial charge on any atom is -0.464 e. The SMILES string of the molecule is CCc1ccc([C@@H]2C[C@@H](C)CCN2C(=O)CCCn2ccnc2)o1. The summed E-state index contributed by atoms with van der Waals surface area (Å²) in [4.78, 5) is 18.8. The predicted molar refractivity (Wildman–Crippen MR) is 92.4 cm³/mol. The van der Waals surface area contributed by atoms with Crippen LogP contribution in [0.2, 0.25) is 0 Å². The number of likely N-dealkylation sites (tertiary alicyclic amines) is 1. The van der Waals surface area contributed by atoms with Gasteiger partial charge in [0.05, 0.1) is 12.4 Å². The smallest absolute Gasteiger partial charge is 0.223 e. The van der Waals surface area contributed by atoms with Gasteiger partial charge in [-0.1, -0.05) is 13.8 Å². The minimum atomic E-state index is 0.0924. The number of carbonyl (C=O) groups is 1. The lowest BCUT2D eigenvalue weighted by molar-refractivity contribution is -0.136. The molecule has 2 aromatic rings. The van der Waals surface area contributed by atoms with Gasteiger partial charge in [-0.25, -0.2) is 4.98 Å². The number of furan rings is 1. The van der Waals surface area contributed by atoms with Crippen LogP contribution in [0.4, 0.5) is 0 Å². The van der Waals surface area contributed by atoms with Gasteiger partial charge in [-0.2, -0.15) is 0 Å². The molecule has 0 unspecified atom stereocenters. The maximum atomic E-state index is 12.8. The molecule has 3 heterocycles. The lowest BCUT2D eigenvalue weighted by Gasteiger charge is -2.37. The molecule has 130 valence electrons. The Bertz CT molecular complexity index is 647. The molecule has 24 heavy (non-hydrogen) atoms. The van der Waals surface area contributed by atoms with Crippen LogP contribution in [0.3, 0.4) is 0 Å². The highest BCUT2D eigenvalue weighted by Gasteiger charge is 2.32. The topological polar surface area (TPSA) is 51.3 Å². The Morgan fingerprint density at radius 3 is 3.00 bits per heavy atom. The summed E-state index contributed by atoms with van der Waals surface area (Å²) in [5, 5.41) is 0. The van der Waals surface area contributed by atoms with E-state index in [0.29, 0.717) is 12.3 Å². The zero-order valence-corrected chi connectivity index (χ0v) is 14.6. The fraction of sp³-hybridized carbons (Fsp3) is 0.579. The van der Waals surface area contributed by atoms with Crippen molar-refractivity contribution in [2.45, 2.75) is 58.5 Å². The second-order valence-electron chi connectivity index (χ2n) is 6.79. The summed E-state index contributed by atoms with van der Waals surface area (Å²) in [6.07, 6.45) is 9.87. The van der Waals surface area contributed by atoms with Crippen LogP contribution >= 0.6 is 0 Å². The number of nitrogens with zero attached hydrogens (tertiary/aromatic N) is 3. The number of amides is 1. The molecule has 5 heteroatoms. The number of rotatable bonds is 6. The summed E-state index contributed by atoms with van der Waals surface area (Å²) in [7, 11) is 0. The van der Waals surface area contributed by atoms with Crippen molar-refractivity contribution >= 4 is 5.91 Å². The normalized spacial score (nSPS) is 21.2. The molecule has 2 atom stereocenters. The lowest BCUT2D eigenvalue weighted by atomic mass is 9.90. The van der Waals surface area contributed by atoms with Gasteiger partial charge in [0.15, 0.2) is 0 Å². The van der Waals surface area contributed by atoms with Crippen molar-refractivity contribution in [1.29, 1.82) is 0 Å². The van der Waals surface area contributed by atoms with E-state index < -0.39 is 0 Å². The van der Waals surface area contributed by atoms with Gasteiger partial charge in [0.1, 0.15) is 11.5 Å². The van der Waals surface area contributed by atoms with Gasteiger partial charge in [-0.05, 0) is 37.3 Å². The third kappa shape index (κ3) is 3.89. The van der Waals surface area contributed by atoms with Crippen LogP contribution < -0.4 is 0 Å². The largest absolute Gasteiger partial charge is 0.464 e.